The predicted molar refractivity (Wildman–Crippen MR) is 209 cm³/mol. The third-order valence-electron chi connectivity index (χ3n) is 11.5. The van der Waals surface area contributed by atoms with E-state index in [0.717, 1.165) is 9.91 Å². The van der Waals surface area contributed by atoms with Gasteiger partial charge in [0, 0.05) is 10.9 Å². The lowest BCUT2D eigenvalue weighted by molar-refractivity contribution is -0.138. The molecule has 6 atom stereocenters. The lowest BCUT2D eigenvalue weighted by Crippen LogP contribution is -2.53. The molecule has 8 rings (SSSR count). The van der Waals surface area contributed by atoms with Crippen molar-refractivity contribution in [2.45, 2.75) is 24.2 Å². The first-order valence-electron chi connectivity index (χ1n) is 17.5. The molecule has 1 saturated carbocycles. The number of imide groups is 2. The molecule has 4 aliphatic rings. The third-order valence-corrected chi connectivity index (χ3v) is 12.7. The molecule has 0 bridgehead atoms. The molecule has 3 fully saturated rings. The van der Waals surface area contributed by atoms with Gasteiger partial charge in [-0.1, -0.05) is 53.1 Å². The van der Waals surface area contributed by atoms with Crippen LogP contribution >= 0.6 is 39.1 Å². The third kappa shape index (κ3) is 5.58. The first kappa shape index (κ1) is 37.5. The van der Waals surface area contributed by atoms with E-state index in [-0.39, 0.29) is 50.8 Å². The SMILES string of the molecule is COc1ccc([C@@]23C(=O)N(Nc4ccc(Cl)cc4Cl)C(=O)[C@@H]2C[C@@H]2C(=CC[C@@H]4C(=O)N(c5cccc(C(=O)O)c5)C(=O)[C@@H]42)[C@@H]3c2cc(Br)c(O)c(OC)c2)cc1. The number of nitrogens with zero attached hydrogens (tertiary/aromatic N) is 2. The number of carboxylic acid groups (broad SMARTS) is 1. The number of phenols is 1. The second-order valence-electron chi connectivity index (χ2n) is 14.1. The molecule has 2 aliphatic carbocycles. The Hall–Kier alpha value is -5.37. The number of anilines is 2. The zero-order chi connectivity index (χ0) is 39.8. The maximum atomic E-state index is 15.5. The van der Waals surface area contributed by atoms with Crippen LogP contribution in [0.4, 0.5) is 11.4 Å². The number of ether oxygens (including phenoxy) is 2. The highest BCUT2D eigenvalue weighted by Crippen LogP contribution is 2.65. The number of carbonyl (C=O) groups is 5. The smallest absolute Gasteiger partial charge is 0.335 e. The zero-order valence-corrected chi connectivity index (χ0v) is 32.8. The van der Waals surface area contributed by atoms with E-state index in [9.17, 15) is 29.4 Å². The maximum absolute atomic E-state index is 15.5. The summed E-state index contributed by atoms with van der Waals surface area (Å²) in [4.78, 5) is 72.1. The molecule has 4 aromatic carbocycles. The highest BCUT2D eigenvalue weighted by molar-refractivity contribution is 9.10. The number of benzene rings is 4. The Morgan fingerprint density at radius 3 is 2.34 bits per heavy atom. The van der Waals surface area contributed by atoms with Crippen LogP contribution in [0.1, 0.15) is 40.2 Å². The summed E-state index contributed by atoms with van der Waals surface area (Å²) in [5, 5.41) is 22.1. The number of aromatic hydroxyl groups is 1. The van der Waals surface area contributed by atoms with Gasteiger partial charge in [0.25, 0.3) is 11.8 Å². The fourth-order valence-corrected chi connectivity index (χ4v) is 10.1. The number of halogens is 3. The number of carboxylic acids is 1. The van der Waals surface area contributed by atoms with E-state index in [1.54, 1.807) is 48.5 Å². The summed E-state index contributed by atoms with van der Waals surface area (Å²) >= 11 is 16.2. The van der Waals surface area contributed by atoms with E-state index in [1.807, 2.05) is 6.08 Å². The molecule has 12 nitrogen and oxygen atoms in total. The largest absolute Gasteiger partial charge is 0.503 e. The van der Waals surface area contributed by atoms with Gasteiger partial charge in [0.05, 0.1) is 63.8 Å². The van der Waals surface area contributed by atoms with Gasteiger partial charge in [-0.2, -0.15) is 5.01 Å². The van der Waals surface area contributed by atoms with Crippen molar-refractivity contribution in [3.63, 3.8) is 0 Å². The first-order chi connectivity index (χ1) is 26.8. The quantitative estimate of drug-likeness (QED) is 0.121. The number of fused-ring (bicyclic) bond motifs is 4. The fraction of sp³-hybridized carbons (Fsp3) is 0.244. The fourth-order valence-electron chi connectivity index (χ4n) is 9.17. The van der Waals surface area contributed by atoms with E-state index in [1.165, 1.54) is 44.6 Å². The van der Waals surface area contributed by atoms with Gasteiger partial charge >= 0.3 is 5.97 Å². The molecule has 2 aliphatic heterocycles. The summed E-state index contributed by atoms with van der Waals surface area (Å²) in [5.41, 5.74) is 3.25. The lowest BCUT2D eigenvalue weighted by atomic mass is 9.49. The number of nitrogens with one attached hydrogen (secondary N) is 1. The molecule has 3 N–H and O–H groups in total. The summed E-state index contributed by atoms with van der Waals surface area (Å²) in [7, 11) is 2.91. The Morgan fingerprint density at radius 1 is 0.911 bits per heavy atom. The summed E-state index contributed by atoms with van der Waals surface area (Å²) in [5.74, 6) is -7.48. The van der Waals surface area contributed by atoms with Crippen molar-refractivity contribution in [3.05, 3.63) is 122 Å². The van der Waals surface area contributed by atoms with Crippen LogP contribution in [-0.2, 0) is 24.6 Å². The average Bonchev–Trinajstić information content (AvgIpc) is 3.57. The summed E-state index contributed by atoms with van der Waals surface area (Å²) in [6.45, 7) is 0. The number of aromatic carboxylic acids is 1. The van der Waals surface area contributed by atoms with Crippen molar-refractivity contribution in [1.29, 1.82) is 0 Å². The molecule has 2 heterocycles. The van der Waals surface area contributed by atoms with Gasteiger partial charge in [0.1, 0.15) is 5.75 Å². The Balaban J connectivity index is 1.34. The summed E-state index contributed by atoms with van der Waals surface area (Å²) < 4.78 is 11.3. The number of rotatable bonds is 8. The van der Waals surface area contributed by atoms with Crippen molar-refractivity contribution in [2.24, 2.45) is 23.7 Å². The average molecular weight is 862 g/mol. The van der Waals surface area contributed by atoms with Crippen LogP contribution in [0.2, 0.25) is 10.0 Å². The van der Waals surface area contributed by atoms with Crippen LogP contribution in [-0.4, -0.2) is 59.0 Å². The van der Waals surface area contributed by atoms with E-state index in [0.29, 0.717) is 27.5 Å². The second-order valence-corrected chi connectivity index (χ2v) is 15.8. The van der Waals surface area contributed by atoms with Gasteiger partial charge in [-0.05, 0) is 106 Å². The molecule has 15 heteroatoms. The number of allylic oxidation sites excluding steroid dienone is 2. The zero-order valence-electron chi connectivity index (χ0n) is 29.7. The van der Waals surface area contributed by atoms with Crippen LogP contribution in [0.3, 0.4) is 0 Å². The van der Waals surface area contributed by atoms with E-state index in [2.05, 4.69) is 21.4 Å². The Kier molecular flexibility index (Phi) is 9.37. The van der Waals surface area contributed by atoms with Gasteiger partial charge in [-0.3, -0.25) is 29.5 Å². The molecule has 4 amide bonds. The monoisotopic (exact) mass is 859 g/mol. The van der Waals surface area contributed by atoms with Crippen LogP contribution < -0.4 is 19.8 Å². The highest BCUT2D eigenvalue weighted by Gasteiger charge is 2.70. The second kappa shape index (κ2) is 14.0. The number of hydrogen-bond donors (Lipinski definition) is 3. The molecule has 56 heavy (non-hydrogen) atoms. The number of methoxy groups -OCH3 is 2. The van der Waals surface area contributed by atoms with Crippen LogP contribution in [0.5, 0.6) is 17.2 Å². The van der Waals surface area contributed by atoms with Crippen LogP contribution in [0.15, 0.2) is 95.0 Å². The Bertz CT molecular complexity index is 2410. The van der Waals surface area contributed by atoms with E-state index < -0.39 is 64.6 Å². The molecule has 4 aromatic rings. The lowest BCUT2D eigenvalue weighted by Gasteiger charge is -2.50. The topological polar surface area (TPSA) is 163 Å². The normalized spacial score (nSPS) is 25.4. The van der Waals surface area contributed by atoms with Gasteiger partial charge in [0.2, 0.25) is 11.8 Å². The molecular formula is C41H32BrCl2N3O9. The van der Waals surface area contributed by atoms with Gasteiger partial charge < -0.3 is 19.7 Å². The molecule has 0 unspecified atom stereocenters. The molecule has 0 spiro atoms. The van der Waals surface area contributed by atoms with Crippen molar-refractivity contribution >= 4 is 80.1 Å². The standard InChI is InChI=1S/C41H32BrCl2N3O9/c1-55-24-9-6-21(7-10-24)41-28(37(50)47(40(41)54)45-31-13-8-22(43)17-30(31)44)18-27-25(34(41)20-15-29(42)35(48)32(16-20)56-2)11-12-26-33(27)38(51)46(36(26)49)23-5-3-4-19(14-23)39(52)53/h3-11,13-17,26-28,33-34,45,48H,12,18H2,1-2H3,(H,52,53)/t26-,27+,28-,33-,34-,41+/m0/s1. The van der Waals surface area contributed by atoms with Crippen molar-refractivity contribution < 1.29 is 43.7 Å². The Morgan fingerprint density at radius 2 is 1.66 bits per heavy atom. The highest BCUT2D eigenvalue weighted by atomic mass is 79.9. The van der Waals surface area contributed by atoms with E-state index in [4.69, 9.17) is 32.7 Å². The van der Waals surface area contributed by atoms with Crippen molar-refractivity contribution in [1.82, 2.24) is 5.01 Å². The number of carbonyl (C=O) groups excluding carboxylic acids is 4. The summed E-state index contributed by atoms with van der Waals surface area (Å²) in [6, 6.07) is 20.4. The number of hydrazine groups is 1. The van der Waals surface area contributed by atoms with Gasteiger partial charge in [0.15, 0.2) is 11.5 Å². The Labute approximate surface area is 338 Å². The molecular weight excluding hydrogens is 829 g/mol. The van der Waals surface area contributed by atoms with E-state index >= 15 is 4.79 Å². The van der Waals surface area contributed by atoms with Crippen molar-refractivity contribution in [3.8, 4) is 17.2 Å². The predicted octanol–water partition coefficient (Wildman–Crippen LogP) is 7.37. The molecule has 0 radical (unpaired) electrons. The van der Waals surface area contributed by atoms with Crippen LogP contribution in [0.25, 0.3) is 0 Å². The maximum Gasteiger partial charge on any atom is 0.335 e. The van der Waals surface area contributed by atoms with Crippen molar-refractivity contribution in [2.75, 3.05) is 24.5 Å². The molecule has 2 saturated heterocycles. The summed E-state index contributed by atoms with van der Waals surface area (Å²) in [6.07, 6.45) is 2.03. The van der Waals surface area contributed by atoms with Gasteiger partial charge in [-0.15, -0.1) is 0 Å². The number of amides is 4. The molecule has 0 aromatic heterocycles. The number of hydrogen-bond acceptors (Lipinski definition) is 9. The minimum atomic E-state index is -1.65. The van der Waals surface area contributed by atoms with Gasteiger partial charge in [-0.25, -0.2) is 4.79 Å². The number of phenolic OH excluding ortho intramolecular Hbond substituents is 1. The minimum Gasteiger partial charge on any atom is -0.503 e. The first-order valence-corrected chi connectivity index (χ1v) is 19.1. The minimum absolute atomic E-state index is 0.00501. The molecule has 286 valence electrons. The van der Waals surface area contributed by atoms with Crippen LogP contribution in [0, 0.1) is 23.7 Å².